The van der Waals surface area contributed by atoms with Crippen molar-refractivity contribution in [3.05, 3.63) is 11.7 Å². The summed E-state index contributed by atoms with van der Waals surface area (Å²) in [6, 6.07) is -0.123. The smallest absolute Gasteiger partial charge is 0.232 e. The third kappa shape index (κ3) is 2.18. The summed E-state index contributed by atoms with van der Waals surface area (Å²) < 4.78 is 10.7. The van der Waals surface area contributed by atoms with Crippen molar-refractivity contribution in [3.8, 4) is 0 Å². The summed E-state index contributed by atoms with van der Waals surface area (Å²) in [7, 11) is 0. The van der Waals surface area contributed by atoms with E-state index >= 15 is 0 Å². The van der Waals surface area contributed by atoms with Crippen molar-refractivity contribution in [1.82, 2.24) is 10.1 Å². The van der Waals surface area contributed by atoms with Gasteiger partial charge < -0.3 is 15.0 Å². The summed E-state index contributed by atoms with van der Waals surface area (Å²) in [5.41, 5.74) is 5.82. The van der Waals surface area contributed by atoms with Crippen LogP contribution in [0.25, 0.3) is 0 Å². The lowest BCUT2D eigenvalue weighted by molar-refractivity contribution is 0.122. The van der Waals surface area contributed by atoms with Crippen molar-refractivity contribution in [2.75, 3.05) is 6.61 Å². The second-order valence-corrected chi connectivity index (χ2v) is 4.08. The standard InChI is InChI=1S/C10H17N3O2/c1-3-8(11)9-12-10(15-13-9)7-4-6(2)14-5-7/h6-8H,3-5,11H2,1-2H3. The molecule has 1 aliphatic heterocycles. The number of nitrogens with two attached hydrogens (primary N) is 1. The second kappa shape index (κ2) is 4.28. The summed E-state index contributed by atoms with van der Waals surface area (Å²) in [5, 5.41) is 3.89. The van der Waals surface area contributed by atoms with Crippen LogP contribution in [0.1, 0.15) is 50.4 Å². The monoisotopic (exact) mass is 211 g/mol. The third-order valence-corrected chi connectivity index (χ3v) is 2.78. The maximum atomic E-state index is 5.82. The largest absolute Gasteiger partial charge is 0.378 e. The molecule has 2 heterocycles. The van der Waals surface area contributed by atoms with Gasteiger partial charge in [0.1, 0.15) is 0 Å². The van der Waals surface area contributed by atoms with Crippen LogP contribution in [-0.2, 0) is 4.74 Å². The number of ether oxygens (including phenoxy) is 1. The molecule has 1 aromatic rings. The fourth-order valence-electron chi connectivity index (χ4n) is 1.74. The topological polar surface area (TPSA) is 74.2 Å². The van der Waals surface area contributed by atoms with Gasteiger partial charge in [-0.1, -0.05) is 12.1 Å². The molecule has 84 valence electrons. The minimum absolute atomic E-state index is 0.123. The molecule has 3 unspecified atom stereocenters. The predicted molar refractivity (Wildman–Crippen MR) is 54.3 cm³/mol. The Morgan fingerprint density at radius 1 is 1.60 bits per heavy atom. The molecule has 0 radical (unpaired) electrons. The predicted octanol–water partition coefficient (Wildman–Crippen LogP) is 1.37. The molecule has 0 bridgehead atoms. The van der Waals surface area contributed by atoms with E-state index in [4.69, 9.17) is 15.0 Å². The molecule has 0 aromatic carbocycles. The number of hydrogen-bond donors (Lipinski definition) is 1. The van der Waals surface area contributed by atoms with Gasteiger partial charge >= 0.3 is 0 Å². The van der Waals surface area contributed by atoms with E-state index in [0.29, 0.717) is 18.3 Å². The Kier molecular flexibility index (Phi) is 3.02. The summed E-state index contributed by atoms with van der Waals surface area (Å²) in [4.78, 5) is 4.31. The summed E-state index contributed by atoms with van der Waals surface area (Å²) in [6.45, 7) is 4.72. The van der Waals surface area contributed by atoms with Crippen molar-refractivity contribution in [2.24, 2.45) is 5.73 Å². The lowest BCUT2D eigenvalue weighted by Crippen LogP contribution is -2.10. The average molecular weight is 211 g/mol. The van der Waals surface area contributed by atoms with Gasteiger partial charge in [0.25, 0.3) is 0 Å². The first-order valence-corrected chi connectivity index (χ1v) is 5.41. The molecule has 15 heavy (non-hydrogen) atoms. The van der Waals surface area contributed by atoms with E-state index in [1.807, 2.05) is 6.92 Å². The molecular formula is C10H17N3O2. The van der Waals surface area contributed by atoms with Gasteiger partial charge in [0.05, 0.1) is 24.7 Å². The highest BCUT2D eigenvalue weighted by Gasteiger charge is 2.28. The van der Waals surface area contributed by atoms with Crippen molar-refractivity contribution < 1.29 is 9.26 Å². The summed E-state index contributed by atoms with van der Waals surface area (Å²) in [6.07, 6.45) is 2.05. The zero-order chi connectivity index (χ0) is 10.8. The Morgan fingerprint density at radius 3 is 3.00 bits per heavy atom. The number of nitrogens with zero attached hydrogens (tertiary/aromatic N) is 2. The SMILES string of the molecule is CCC(N)c1noc(C2COC(C)C2)n1. The number of aromatic nitrogens is 2. The quantitative estimate of drug-likeness (QED) is 0.817. The van der Waals surface area contributed by atoms with E-state index < -0.39 is 0 Å². The van der Waals surface area contributed by atoms with E-state index in [1.165, 1.54) is 0 Å². The van der Waals surface area contributed by atoms with Gasteiger partial charge in [-0.25, -0.2) is 0 Å². The molecule has 1 aliphatic rings. The van der Waals surface area contributed by atoms with Crippen LogP contribution in [-0.4, -0.2) is 22.9 Å². The zero-order valence-electron chi connectivity index (χ0n) is 9.14. The minimum Gasteiger partial charge on any atom is -0.378 e. The van der Waals surface area contributed by atoms with Gasteiger partial charge in [0, 0.05) is 0 Å². The van der Waals surface area contributed by atoms with E-state index in [2.05, 4.69) is 17.1 Å². The summed E-state index contributed by atoms with van der Waals surface area (Å²) in [5.74, 6) is 1.51. The fourth-order valence-corrected chi connectivity index (χ4v) is 1.74. The van der Waals surface area contributed by atoms with Crippen molar-refractivity contribution in [2.45, 2.75) is 44.8 Å². The number of hydrogen-bond acceptors (Lipinski definition) is 5. The molecule has 5 heteroatoms. The summed E-state index contributed by atoms with van der Waals surface area (Å²) >= 11 is 0. The van der Waals surface area contributed by atoms with Crippen molar-refractivity contribution in [1.29, 1.82) is 0 Å². The van der Waals surface area contributed by atoms with Crippen LogP contribution >= 0.6 is 0 Å². The van der Waals surface area contributed by atoms with Crippen LogP contribution in [0.15, 0.2) is 4.52 Å². The zero-order valence-corrected chi connectivity index (χ0v) is 9.14. The normalized spacial score (nSPS) is 28.2. The van der Waals surface area contributed by atoms with Crippen LogP contribution in [0.4, 0.5) is 0 Å². The molecule has 1 saturated heterocycles. The first-order valence-electron chi connectivity index (χ1n) is 5.41. The fraction of sp³-hybridized carbons (Fsp3) is 0.800. The van der Waals surface area contributed by atoms with Gasteiger partial charge in [-0.05, 0) is 19.8 Å². The van der Waals surface area contributed by atoms with Gasteiger partial charge in [-0.15, -0.1) is 0 Å². The van der Waals surface area contributed by atoms with Crippen molar-refractivity contribution >= 4 is 0 Å². The Bertz CT molecular complexity index is 326. The van der Waals surface area contributed by atoms with Gasteiger partial charge in [0.15, 0.2) is 5.82 Å². The molecule has 5 nitrogen and oxygen atoms in total. The van der Waals surface area contributed by atoms with Crippen LogP contribution in [0.3, 0.4) is 0 Å². The van der Waals surface area contributed by atoms with Crippen LogP contribution in [0.5, 0.6) is 0 Å². The lowest BCUT2D eigenvalue weighted by Gasteiger charge is -2.00. The molecule has 0 aliphatic carbocycles. The lowest BCUT2D eigenvalue weighted by atomic mass is 10.1. The van der Waals surface area contributed by atoms with E-state index in [9.17, 15) is 0 Å². The molecule has 0 saturated carbocycles. The highest BCUT2D eigenvalue weighted by Crippen LogP contribution is 2.28. The Labute approximate surface area is 89.0 Å². The molecule has 2 N–H and O–H groups in total. The van der Waals surface area contributed by atoms with Gasteiger partial charge in [0.2, 0.25) is 5.89 Å². The Hall–Kier alpha value is -0.940. The van der Waals surface area contributed by atoms with Crippen LogP contribution in [0.2, 0.25) is 0 Å². The van der Waals surface area contributed by atoms with Crippen molar-refractivity contribution in [3.63, 3.8) is 0 Å². The van der Waals surface area contributed by atoms with E-state index in [0.717, 1.165) is 12.8 Å². The van der Waals surface area contributed by atoms with Crippen LogP contribution in [0, 0.1) is 0 Å². The molecule has 0 spiro atoms. The maximum Gasteiger partial charge on any atom is 0.232 e. The molecular weight excluding hydrogens is 194 g/mol. The highest BCUT2D eigenvalue weighted by atomic mass is 16.5. The van der Waals surface area contributed by atoms with Crippen LogP contribution < -0.4 is 5.73 Å². The molecule has 1 fully saturated rings. The number of rotatable bonds is 3. The third-order valence-electron chi connectivity index (χ3n) is 2.78. The first kappa shape index (κ1) is 10.6. The average Bonchev–Trinajstić information content (AvgIpc) is 2.84. The van der Waals surface area contributed by atoms with E-state index in [-0.39, 0.29) is 18.1 Å². The van der Waals surface area contributed by atoms with E-state index in [1.54, 1.807) is 0 Å². The van der Waals surface area contributed by atoms with Gasteiger partial charge in [-0.3, -0.25) is 0 Å². The Balaban J connectivity index is 2.07. The first-order chi connectivity index (χ1) is 7.20. The molecule has 3 atom stereocenters. The van der Waals surface area contributed by atoms with Gasteiger partial charge in [-0.2, -0.15) is 4.98 Å². The minimum atomic E-state index is -0.123. The molecule has 1 aromatic heterocycles. The second-order valence-electron chi connectivity index (χ2n) is 4.08. The molecule has 0 amide bonds. The maximum absolute atomic E-state index is 5.82. The highest BCUT2D eigenvalue weighted by molar-refractivity contribution is 4.99. The molecule has 2 rings (SSSR count). The Morgan fingerprint density at radius 2 is 2.40 bits per heavy atom.